The zero-order valence-electron chi connectivity index (χ0n) is 8.27. The van der Waals surface area contributed by atoms with Crippen molar-refractivity contribution in [2.45, 2.75) is 31.3 Å². The van der Waals surface area contributed by atoms with Crippen molar-refractivity contribution in [1.82, 2.24) is 0 Å². The van der Waals surface area contributed by atoms with Crippen molar-refractivity contribution < 1.29 is 8.85 Å². The first-order valence-corrected chi connectivity index (χ1v) is 7.75. The molecule has 0 aromatic heterocycles. The molecule has 0 bridgehead atoms. The van der Waals surface area contributed by atoms with Crippen LogP contribution < -0.4 is 0 Å². The molecule has 0 atom stereocenters. The summed E-state index contributed by atoms with van der Waals surface area (Å²) < 4.78 is 10.9. The number of alkyl halides is 2. The molecule has 0 N–H and O–H groups in total. The summed E-state index contributed by atoms with van der Waals surface area (Å²) in [6.45, 7) is 7.62. The van der Waals surface area contributed by atoms with E-state index in [-0.39, 0.29) is 5.41 Å². The first kappa shape index (κ1) is 11.8. The quantitative estimate of drug-likeness (QED) is 0.548. The Morgan fingerprint density at radius 2 is 1.85 bits per heavy atom. The van der Waals surface area contributed by atoms with E-state index in [1.807, 2.05) is 6.55 Å². The third-order valence-electron chi connectivity index (χ3n) is 2.66. The molecule has 13 heavy (non-hydrogen) atoms. The standard InChI is InChI=1S/C8H16Cl2O2Si/c1-4-8(2)5-11-13(3,7(9)10)12-6-8/h7H,4-6H2,1-3H3. The van der Waals surface area contributed by atoms with Crippen LogP contribution >= 0.6 is 23.2 Å². The van der Waals surface area contributed by atoms with Crippen LogP contribution in [0, 0.1) is 5.41 Å². The second-order valence-electron chi connectivity index (χ2n) is 4.06. The molecule has 1 fully saturated rings. The fraction of sp³-hybridized carbons (Fsp3) is 1.00. The third kappa shape index (κ3) is 2.60. The van der Waals surface area contributed by atoms with Crippen LogP contribution in [0.2, 0.25) is 6.55 Å². The Labute approximate surface area is 90.7 Å². The smallest absolute Gasteiger partial charge is 0.369 e. The molecule has 0 spiro atoms. The molecule has 0 radical (unpaired) electrons. The minimum atomic E-state index is -2.29. The molecule has 1 saturated heterocycles. The monoisotopic (exact) mass is 242 g/mol. The van der Waals surface area contributed by atoms with Gasteiger partial charge >= 0.3 is 8.56 Å². The van der Waals surface area contributed by atoms with Crippen LogP contribution in [0.25, 0.3) is 0 Å². The first-order chi connectivity index (χ1) is 5.92. The van der Waals surface area contributed by atoms with Crippen LogP contribution in [0.1, 0.15) is 20.3 Å². The van der Waals surface area contributed by atoms with Gasteiger partial charge in [0, 0.05) is 18.6 Å². The van der Waals surface area contributed by atoms with Gasteiger partial charge in [-0.05, 0) is 13.0 Å². The summed E-state index contributed by atoms with van der Waals surface area (Å²) >= 11 is 11.6. The molecule has 1 heterocycles. The van der Waals surface area contributed by atoms with Gasteiger partial charge in [0.1, 0.15) is 0 Å². The molecule has 0 aromatic rings. The Morgan fingerprint density at radius 1 is 1.38 bits per heavy atom. The normalized spacial score (nSPS) is 41.1. The predicted octanol–water partition coefficient (Wildman–Crippen LogP) is 2.86. The van der Waals surface area contributed by atoms with Gasteiger partial charge in [0.2, 0.25) is 0 Å². The summed E-state index contributed by atoms with van der Waals surface area (Å²) in [6.07, 6.45) is 1.05. The molecular formula is C8H16Cl2O2Si. The van der Waals surface area contributed by atoms with Gasteiger partial charge in [0.05, 0.1) is 0 Å². The first-order valence-electron chi connectivity index (χ1n) is 4.48. The Balaban J connectivity index is 2.56. The zero-order chi connectivity index (χ0) is 10.1. The van der Waals surface area contributed by atoms with Crippen molar-refractivity contribution in [3.05, 3.63) is 0 Å². The lowest BCUT2D eigenvalue weighted by Crippen LogP contribution is -2.54. The van der Waals surface area contributed by atoms with E-state index in [4.69, 9.17) is 32.1 Å². The Hall–Kier alpha value is 0.717. The molecule has 1 aliphatic rings. The van der Waals surface area contributed by atoms with Crippen LogP contribution in [-0.4, -0.2) is 26.2 Å². The van der Waals surface area contributed by atoms with Crippen LogP contribution in [0.4, 0.5) is 0 Å². The summed E-state index contributed by atoms with van der Waals surface area (Å²) in [5.41, 5.74) is 0.134. The van der Waals surface area contributed by atoms with Crippen LogP contribution in [-0.2, 0) is 8.85 Å². The summed E-state index contributed by atoms with van der Waals surface area (Å²) in [4.78, 5) is 0. The van der Waals surface area contributed by atoms with Crippen molar-refractivity contribution in [2.75, 3.05) is 13.2 Å². The van der Waals surface area contributed by atoms with E-state index in [0.717, 1.165) is 6.42 Å². The Bertz CT molecular complexity index is 179. The highest BCUT2D eigenvalue weighted by Crippen LogP contribution is 2.33. The zero-order valence-corrected chi connectivity index (χ0v) is 10.8. The molecule has 0 saturated carbocycles. The van der Waals surface area contributed by atoms with Gasteiger partial charge in [-0.25, -0.2) is 0 Å². The molecule has 2 nitrogen and oxygen atoms in total. The van der Waals surface area contributed by atoms with E-state index in [1.165, 1.54) is 0 Å². The van der Waals surface area contributed by atoms with Crippen molar-refractivity contribution in [3.8, 4) is 0 Å². The maximum Gasteiger partial charge on any atom is 0.369 e. The minimum Gasteiger partial charge on any atom is -0.392 e. The fourth-order valence-electron chi connectivity index (χ4n) is 1.05. The molecule has 0 unspecified atom stereocenters. The molecule has 1 aliphatic heterocycles. The number of halogens is 2. The van der Waals surface area contributed by atoms with Gasteiger partial charge in [-0.15, -0.1) is 23.2 Å². The van der Waals surface area contributed by atoms with E-state index >= 15 is 0 Å². The summed E-state index contributed by atoms with van der Waals surface area (Å²) in [5, 5.41) is 0. The van der Waals surface area contributed by atoms with E-state index in [9.17, 15) is 0 Å². The van der Waals surface area contributed by atoms with Crippen molar-refractivity contribution >= 4 is 31.8 Å². The number of rotatable bonds is 2. The van der Waals surface area contributed by atoms with Crippen molar-refractivity contribution in [1.29, 1.82) is 0 Å². The topological polar surface area (TPSA) is 18.5 Å². The van der Waals surface area contributed by atoms with Crippen LogP contribution in [0.15, 0.2) is 0 Å². The maximum atomic E-state index is 5.81. The molecular weight excluding hydrogens is 227 g/mol. The van der Waals surface area contributed by atoms with Crippen molar-refractivity contribution in [2.24, 2.45) is 5.41 Å². The lowest BCUT2D eigenvalue weighted by Gasteiger charge is -2.41. The van der Waals surface area contributed by atoms with E-state index in [0.29, 0.717) is 13.2 Å². The predicted molar refractivity (Wildman–Crippen MR) is 57.4 cm³/mol. The van der Waals surface area contributed by atoms with Gasteiger partial charge in [0.15, 0.2) is 4.46 Å². The lowest BCUT2D eigenvalue weighted by molar-refractivity contribution is 0.00187. The number of hydrogen-bond acceptors (Lipinski definition) is 2. The molecule has 0 aliphatic carbocycles. The molecule has 1 rings (SSSR count). The molecule has 5 heteroatoms. The SMILES string of the molecule is CCC1(C)CO[Si](C)(C(Cl)Cl)OC1. The van der Waals surface area contributed by atoms with E-state index in [1.54, 1.807) is 0 Å². The molecule has 0 aromatic carbocycles. The van der Waals surface area contributed by atoms with Crippen LogP contribution in [0.5, 0.6) is 0 Å². The van der Waals surface area contributed by atoms with Gasteiger partial charge in [0.25, 0.3) is 0 Å². The van der Waals surface area contributed by atoms with Gasteiger partial charge in [-0.2, -0.15) is 0 Å². The van der Waals surface area contributed by atoms with E-state index < -0.39 is 13.0 Å². The molecule has 0 amide bonds. The second-order valence-corrected chi connectivity index (χ2v) is 9.07. The average molecular weight is 243 g/mol. The van der Waals surface area contributed by atoms with Gasteiger partial charge in [-0.1, -0.05) is 13.8 Å². The largest absolute Gasteiger partial charge is 0.392 e. The third-order valence-corrected chi connectivity index (χ3v) is 7.27. The fourth-order valence-corrected chi connectivity index (χ4v) is 3.41. The second kappa shape index (κ2) is 4.07. The lowest BCUT2D eigenvalue weighted by atomic mass is 9.90. The average Bonchev–Trinajstić information content (AvgIpc) is 2.11. The summed E-state index contributed by atoms with van der Waals surface area (Å²) in [6, 6.07) is 0. The van der Waals surface area contributed by atoms with E-state index in [2.05, 4.69) is 13.8 Å². The summed E-state index contributed by atoms with van der Waals surface area (Å²) in [7, 11) is -2.29. The summed E-state index contributed by atoms with van der Waals surface area (Å²) in [5.74, 6) is 0. The maximum absolute atomic E-state index is 5.81. The highest BCUT2D eigenvalue weighted by atomic mass is 35.5. The number of hydrogen-bond donors (Lipinski definition) is 0. The Morgan fingerprint density at radius 3 is 2.15 bits per heavy atom. The Kier molecular flexibility index (Phi) is 3.69. The minimum absolute atomic E-state index is 0.134. The van der Waals surface area contributed by atoms with Gasteiger partial charge in [-0.3, -0.25) is 0 Å². The van der Waals surface area contributed by atoms with Crippen LogP contribution in [0.3, 0.4) is 0 Å². The van der Waals surface area contributed by atoms with Crippen molar-refractivity contribution in [3.63, 3.8) is 0 Å². The highest BCUT2D eigenvalue weighted by Gasteiger charge is 2.46. The molecule has 78 valence electrons. The van der Waals surface area contributed by atoms with Gasteiger partial charge < -0.3 is 8.85 Å². The highest BCUT2D eigenvalue weighted by molar-refractivity contribution is 6.84.